The molecule has 3 rings (SSSR count). The van der Waals surface area contributed by atoms with Crippen LogP contribution < -0.4 is 5.32 Å². The van der Waals surface area contributed by atoms with Crippen LogP contribution in [0.1, 0.15) is 18.6 Å². The van der Waals surface area contributed by atoms with E-state index in [0.717, 1.165) is 44.2 Å². The number of aromatic nitrogens is 2. The monoisotopic (exact) mass is 494 g/mol. The summed E-state index contributed by atoms with van der Waals surface area (Å²) in [5.41, 5.74) is 1.13. The van der Waals surface area contributed by atoms with Crippen LogP contribution in [0.15, 0.2) is 17.4 Å². The van der Waals surface area contributed by atoms with E-state index in [1.807, 2.05) is 24.1 Å². The van der Waals surface area contributed by atoms with Crippen LogP contribution in [-0.4, -0.2) is 89.5 Å². The zero-order valence-corrected chi connectivity index (χ0v) is 18.9. The van der Waals surface area contributed by atoms with E-state index in [2.05, 4.69) is 38.9 Å². The summed E-state index contributed by atoms with van der Waals surface area (Å²) < 4.78 is 7.77. The first-order chi connectivity index (χ1) is 12.3. The number of thioether (sulfide) groups is 1. The highest BCUT2D eigenvalue weighted by Gasteiger charge is 2.25. The first kappa shape index (κ1) is 21.8. The van der Waals surface area contributed by atoms with Crippen molar-refractivity contribution < 1.29 is 4.74 Å². The van der Waals surface area contributed by atoms with Crippen molar-refractivity contribution in [2.24, 2.45) is 12.0 Å². The van der Waals surface area contributed by atoms with Crippen molar-refractivity contribution in [3.8, 4) is 0 Å². The first-order valence-electron chi connectivity index (χ1n) is 9.19. The number of aryl methyl sites for hydroxylation is 1. The number of morpholine rings is 1. The molecular formula is C17H31IN6OS. The van der Waals surface area contributed by atoms with E-state index in [0.29, 0.717) is 6.61 Å². The van der Waals surface area contributed by atoms with Gasteiger partial charge in [-0.05, 0) is 6.92 Å². The lowest BCUT2D eigenvalue weighted by molar-refractivity contribution is -0.00805. The Labute approximate surface area is 177 Å². The van der Waals surface area contributed by atoms with Crippen molar-refractivity contribution in [2.75, 3.05) is 63.9 Å². The second-order valence-electron chi connectivity index (χ2n) is 6.44. The van der Waals surface area contributed by atoms with Crippen LogP contribution in [0.4, 0.5) is 0 Å². The van der Waals surface area contributed by atoms with Crippen LogP contribution in [0, 0.1) is 0 Å². The Balaban J connectivity index is 0.00000243. The van der Waals surface area contributed by atoms with Gasteiger partial charge in [0.25, 0.3) is 0 Å². The minimum atomic E-state index is 0. The lowest BCUT2D eigenvalue weighted by atomic mass is 10.1. The molecule has 3 heterocycles. The molecule has 148 valence electrons. The number of ether oxygens (including phenoxy) is 1. The normalized spacial score (nSPS) is 22.2. The molecule has 0 bridgehead atoms. The third-order valence-electron chi connectivity index (χ3n) is 4.58. The molecule has 7 nitrogen and oxygen atoms in total. The second kappa shape index (κ2) is 11.4. The van der Waals surface area contributed by atoms with Crippen molar-refractivity contribution >= 4 is 41.7 Å². The van der Waals surface area contributed by atoms with Gasteiger partial charge in [-0.25, -0.2) is 0 Å². The molecule has 1 N–H and O–H groups in total. The topological polar surface area (TPSA) is 57.9 Å². The van der Waals surface area contributed by atoms with E-state index < -0.39 is 0 Å². The average Bonchev–Trinajstić information content (AvgIpc) is 3.08. The van der Waals surface area contributed by atoms with E-state index in [1.54, 1.807) is 0 Å². The number of nitrogens with one attached hydrogen (secondary N) is 1. The Kier molecular flexibility index (Phi) is 9.51. The van der Waals surface area contributed by atoms with Crippen LogP contribution in [0.3, 0.4) is 0 Å². The maximum atomic E-state index is 5.95. The predicted molar refractivity (Wildman–Crippen MR) is 119 cm³/mol. The number of aliphatic imine (C=N–C) groups is 1. The Morgan fingerprint density at radius 3 is 2.88 bits per heavy atom. The number of guanidine groups is 1. The van der Waals surface area contributed by atoms with Crippen LogP contribution >= 0.6 is 35.7 Å². The fourth-order valence-corrected chi connectivity index (χ4v) is 4.18. The standard InChI is InChI=1S/C17H30N6OS.HI/c1-3-18-17(19-4-5-22-7-10-25-11-8-22)23-6-9-24-16(14-23)15-12-20-21(2)13-15;/h12-13,16H,3-11,14H2,1-2H3,(H,18,19);1H. The van der Waals surface area contributed by atoms with Crippen LogP contribution in [0.5, 0.6) is 0 Å². The van der Waals surface area contributed by atoms with E-state index >= 15 is 0 Å². The third kappa shape index (κ3) is 6.28. The second-order valence-corrected chi connectivity index (χ2v) is 7.67. The highest BCUT2D eigenvalue weighted by Crippen LogP contribution is 2.21. The van der Waals surface area contributed by atoms with Gasteiger partial charge in [-0.3, -0.25) is 14.6 Å². The molecule has 2 aliphatic heterocycles. The van der Waals surface area contributed by atoms with Gasteiger partial charge < -0.3 is 15.0 Å². The molecule has 0 aromatic carbocycles. The molecule has 0 saturated carbocycles. The number of hydrogen-bond donors (Lipinski definition) is 1. The quantitative estimate of drug-likeness (QED) is 0.380. The largest absolute Gasteiger partial charge is 0.370 e. The van der Waals surface area contributed by atoms with Crippen molar-refractivity contribution in [1.29, 1.82) is 0 Å². The Morgan fingerprint density at radius 2 is 2.19 bits per heavy atom. The molecule has 2 aliphatic rings. The molecule has 2 fully saturated rings. The van der Waals surface area contributed by atoms with E-state index in [9.17, 15) is 0 Å². The summed E-state index contributed by atoms with van der Waals surface area (Å²) in [5.74, 6) is 3.51. The minimum absolute atomic E-state index is 0. The molecule has 1 unspecified atom stereocenters. The number of nitrogens with zero attached hydrogens (tertiary/aromatic N) is 5. The lowest BCUT2D eigenvalue weighted by Crippen LogP contribution is -2.48. The van der Waals surface area contributed by atoms with E-state index in [-0.39, 0.29) is 30.1 Å². The van der Waals surface area contributed by atoms with Crippen molar-refractivity contribution in [3.63, 3.8) is 0 Å². The van der Waals surface area contributed by atoms with Crippen LogP contribution in [-0.2, 0) is 11.8 Å². The summed E-state index contributed by atoms with van der Waals surface area (Å²) in [7, 11) is 1.94. The molecular weight excluding hydrogens is 463 g/mol. The molecule has 1 aromatic heterocycles. The fourth-order valence-electron chi connectivity index (χ4n) is 3.20. The zero-order chi connectivity index (χ0) is 17.5. The Bertz CT molecular complexity index is 563. The molecule has 1 atom stereocenters. The molecule has 9 heteroatoms. The molecule has 0 spiro atoms. The zero-order valence-electron chi connectivity index (χ0n) is 15.8. The summed E-state index contributed by atoms with van der Waals surface area (Å²) >= 11 is 2.05. The van der Waals surface area contributed by atoms with Crippen LogP contribution in [0.25, 0.3) is 0 Å². The van der Waals surface area contributed by atoms with Gasteiger partial charge in [0.15, 0.2) is 5.96 Å². The molecule has 0 radical (unpaired) electrons. The highest BCUT2D eigenvalue weighted by atomic mass is 127. The average molecular weight is 494 g/mol. The smallest absolute Gasteiger partial charge is 0.194 e. The molecule has 0 amide bonds. The van der Waals surface area contributed by atoms with Gasteiger partial charge in [-0.15, -0.1) is 24.0 Å². The highest BCUT2D eigenvalue weighted by molar-refractivity contribution is 14.0. The summed E-state index contributed by atoms with van der Waals surface area (Å²) in [6, 6.07) is 0. The third-order valence-corrected chi connectivity index (χ3v) is 5.52. The Morgan fingerprint density at radius 1 is 1.38 bits per heavy atom. The number of rotatable bonds is 5. The van der Waals surface area contributed by atoms with E-state index in [1.165, 1.54) is 24.6 Å². The summed E-state index contributed by atoms with van der Waals surface area (Å²) in [5, 5.41) is 7.71. The molecule has 1 aromatic rings. The summed E-state index contributed by atoms with van der Waals surface area (Å²) in [6.45, 7) is 9.70. The lowest BCUT2D eigenvalue weighted by Gasteiger charge is -2.35. The van der Waals surface area contributed by atoms with Crippen molar-refractivity contribution in [2.45, 2.75) is 13.0 Å². The van der Waals surface area contributed by atoms with Gasteiger partial charge in [0.2, 0.25) is 0 Å². The summed E-state index contributed by atoms with van der Waals surface area (Å²) in [6.07, 6.45) is 3.99. The van der Waals surface area contributed by atoms with Gasteiger partial charge in [-0.2, -0.15) is 16.9 Å². The maximum Gasteiger partial charge on any atom is 0.194 e. The fraction of sp³-hybridized carbons (Fsp3) is 0.765. The van der Waals surface area contributed by atoms with Gasteiger partial charge in [0.05, 0.1) is 25.9 Å². The van der Waals surface area contributed by atoms with Gasteiger partial charge in [-0.1, -0.05) is 0 Å². The SMILES string of the molecule is CCNC(=NCCN1CCSCC1)N1CCOC(c2cnn(C)c2)C1.I. The molecule has 0 aliphatic carbocycles. The van der Waals surface area contributed by atoms with Gasteiger partial charge in [0.1, 0.15) is 6.10 Å². The van der Waals surface area contributed by atoms with Crippen molar-refractivity contribution in [1.82, 2.24) is 24.9 Å². The molecule has 26 heavy (non-hydrogen) atoms. The van der Waals surface area contributed by atoms with E-state index in [4.69, 9.17) is 9.73 Å². The number of hydrogen-bond acceptors (Lipinski definition) is 5. The predicted octanol–water partition coefficient (Wildman–Crippen LogP) is 1.43. The Hall–Kier alpha value is -0.520. The van der Waals surface area contributed by atoms with Crippen molar-refractivity contribution in [3.05, 3.63) is 18.0 Å². The maximum absolute atomic E-state index is 5.95. The minimum Gasteiger partial charge on any atom is -0.370 e. The summed E-state index contributed by atoms with van der Waals surface area (Å²) in [4.78, 5) is 9.70. The number of halogens is 1. The molecule has 2 saturated heterocycles. The van der Waals surface area contributed by atoms with Gasteiger partial charge >= 0.3 is 0 Å². The van der Waals surface area contributed by atoms with Gasteiger partial charge in [0, 0.05) is 63.0 Å². The first-order valence-corrected chi connectivity index (χ1v) is 10.3. The van der Waals surface area contributed by atoms with Crippen LogP contribution in [0.2, 0.25) is 0 Å².